The lowest BCUT2D eigenvalue weighted by molar-refractivity contribution is -0.141. The van der Waals surface area contributed by atoms with Crippen molar-refractivity contribution in [2.24, 2.45) is 5.73 Å². The van der Waals surface area contributed by atoms with E-state index in [2.05, 4.69) is 15.3 Å². The highest BCUT2D eigenvalue weighted by Crippen LogP contribution is 2.37. The van der Waals surface area contributed by atoms with Crippen LogP contribution in [0, 0.1) is 0 Å². The predicted octanol–water partition coefficient (Wildman–Crippen LogP) is 2.81. The summed E-state index contributed by atoms with van der Waals surface area (Å²) in [4.78, 5) is 21.1. The number of carbonyl (C=O) groups is 1. The molecule has 180 valence electrons. The van der Waals surface area contributed by atoms with Gasteiger partial charge >= 0.3 is 6.18 Å². The Kier molecular flexibility index (Phi) is 6.30. The number of amides is 1. The fourth-order valence-corrected chi connectivity index (χ4v) is 4.05. The number of oxazole rings is 1. The highest BCUT2D eigenvalue weighted by atomic mass is 19.4. The summed E-state index contributed by atoms with van der Waals surface area (Å²) >= 11 is 0. The number of benzene rings is 1. The van der Waals surface area contributed by atoms with Crippen LogP contribution in [0.3, 0.4) is 0 Å². The lowest BCUT2D eigenvalue weighted by Gasteiger charge is -2.20. The molecule has 1 amide bonds. The largest absolute Gasteiger partial charge is 0.494 e. The van der Waals surface area contributed by atoms with Gasteiger partial charge in [-0.1, -0.05) is 6.42 Å². The number of aromatic nitrogens is 2. The van der Waals surface area contributed by atoms with Crippen molar-refractivity contribution in [2.45, 2.75) is 50.9 Å². The monoisotopic (exact) mass is 476 g/mol. The van der Waals surface area contributed by atoms with E-state index in [1.807, 2.05) is 0 Å². The van der Waals surface area contributed by atoms with E-state index in [1.54, 1.807) is 13.0 Å². The molecule has 1 aliphatic carbocycles. The number of methoxy groups -OCH3 is 1. The van der Waals surface area contributed by atoms with Gasteiger partial charge in [0.15, 0.2) is 17.2 Å². The predicted molar refractivity (Wildman–Crippen MR) is 118 cm³/mol. The Morgan fingerprint density at radius 3 is 2.68 bits per heavy atom. The first-order chi connectivity index (χ1) is 16.1. The van der Waals surface area contributed by atoms with Gasteiger partial charge in [-0.25, -0.2) is 9.97 Å². The molecule has 1 unspecified atom stereocenters. The van der Waals surface area contributed by atoms with Crippen LogP contribution in [-0.2, 0) is 6.18 Å². The third kappa shape index (κ3) is 4.47. The van der Waals surface area contributed by atoms with E-state index in [9.17, 15) is 18.0 Å². The first-order valence-electron chi connectivity index (χ1n) is 10.8. The third-order valence-corrected chi connectivity index (χ3v) is 5.80. The second-order valence-corrected chi connectivity index (χ2v) is 8.27. The summed E-state index contributed by atoms with van der Waals surface area (Å²) in [6.45, 7) is 1.64. The number of hydrogen-bond donors (Lipinski definition) is 3. The molecule has 2 atom stereocenters. The first kappa shape index (κ1) is 23.7. The van der Waals surface area contributed by atoms with E-state index in [0.29, 0.717) is 16.7 Å². The summed E-state index contributed by atoms with van der Waals surface area (Å²) in [7, 11) is 1.34. The van der Waals surface area contributed by atoms with Crippen LogP contribution in [0.25, 0.3) is 22.4 Å². The smallest absolute Gasteiger partial charge is 0.433 e. The minimum absolute atomic E-state index is 0.00668. The molecule has 2 aromatic heterocycles. The molecule has 4 rings (SSSR count). The lowest BCUT2D eigenvalue weighted by Crippen LogP contribution is -2.55. The lowest BCUT2D eigenvalue weighted by atomic mass is 9.93. The molecule has 0 aliphatic heterocycles. The molecule has 0 saturated heterocycles. The van der Waals surface area contributed by atoms with Crippen LogP contribution in [-0.4, -0.2) is 34.7 Å². The van der Waals surface area contributed by atoms with Crippen molar-refractivity contribution in [1.29, 1.82) is 0 Å². The van der Waals surface area contributed by atoms with Gasteiger partial charge in [-0.3, -0.25) is 10.2 Å². The first-order valence-corrected chi connectivity index (χ1v) is 10.8. The Labute approximate surface area is 193 Å². The SMILES string of the molecule is COc1ccc(-c2nc(C(=O)NC3CCCCC3=[NH2+])c([C@H](C)N)o2)c2ccc(C(F)(F)F)nc12. The van der Waals surface area contributed by atoms with E-state index in [1.165, 1.54) is 19.2 Å². The van der Waals surface area contributed by atoms with Crippen LogP contribution in [0.2, 0.25) is 0 Å². The van der Waals surface area contributed by atoms with Gasteiger partial charge in [-0.05, 0) is 44.0 Å². The fraction of sp³-hybridized carbons (Fsp3) is 0.391. The zero-order valence-corrected chi connectivity index (χ0v) is 18.7. The molecule has 1 saturated carbocycles. The third-order valence-electron chi connectivity index (χ3n) is 5.80. The number of carbonyl (C=O) groups excluding carboxylic acids is 1. The van der Waals surface area contributed by atoms with Gasteiger partial charge in [-0.2, -0.15) is 13.2 Å². The number of alkyl halides is 3. The Bertz CT molecular complexity index is 1250. The molecule has 11 heteroatoms. The minimum Gasteiger partial charge on any atom is -0.494 e. The number of fused-ring (bicyclic) bond motifs is 1. The van der Waals surface area contributed by atoms with Crippen LogP contribution in [0.1, 0.15) is 60.6 Å². The van der Waals surface area contributed by atoms with Gasteiger partial charge in [0.2, 0.25) is 5.89 Å². The molecule has 0 bridgehead atoms. The van der Waals surface area contributed by atoms with E-state index in [0.717, 1.165) is 31.7 Å². The number of nitrogens with zero attached hydrogens (tertiary/aromatic N) is 2. The second kappa shape index (κ2) is 9.05. The van der Waals surface area contributed by atoms with Crippen LogP contribution < -0.4 is 21.2 Å². The summed E-state index contributed by atoms with van der Waals surface area (Å²) in [6, 6.07) is 4.27. The van der Waals surface area contributed by atoms with Crippen molar-refractivity contribution in [3.8, 4) is 17.2 Å². The van der Waals surface area contributed by atoms with Crippen molar-refractivity contribution in [3.05, 3.63) is 41.4 Å². The number of nitrogens with one attached hydrogen (secondary N) is 1. The molecule has 34 heavy (non-hydrogen) atoms. The highest BCUT2D eigenvalue weighted by molar-refractivity contribution is 5.99. The normalized spacial score (nSPS) is 17.6. The number of nitrogens with two attached hydrogens (primary N) is 2. The standard InChI is InChI=1S/C23H24F3N5O3/c1-11(27)20-19(21(32)29-15-6-4-3-5-14(15)28)31-22(34-20)13-7-9-16(33-2)18-12(13)8-10-17(30-18)23(24,25)26/h7-11,15,28H,3-6,27H2,1-2H3,(H,29,32)/p+1/t11-,15?/m0/s1. The quantitative estimate of drug-likeness (QED) is 0.519. The maximum Gasteiger partial charge on any atom is 0.433 e. The van der Waals surface area contributed by atoms with Crippen molar-refractivity contribution in [2.75, 3.05) is 7.11 Å². The molecule has 8 nitrogen and oxygen atoms in total. The molecule has 1 aliphatic rings. The van der Waals surface area contributed by atoms with Gasteiger partial charge in [-0.15, -0.1) is 0 Å². The summed E-state index contributed by atoms with van der Waals surface area (Å²) in [6.07, 6.45) is -1.23. The molecule has 0 radical (unpaired) electrons. The van der Waals surface area contributed by atoms with Gasteiger partial charge in [0, 0.05) is 17.4 Å². The van der Waals surface area contributed by atoms with E-state index >= 15 is 0 Å². The van der Waals surface area contributed by atoms with Crippen LogP contribution >= 0.6 is 0 Å². The molecule has 5 N–H and O–H groups in total. The number of halogens is 3. The molecule has 3 aromatic rings. The Morgan fingerprint density at radius 2 is 2.03 bits per heavy atom. The van der Waals surface area contributed by atoms with Crippen molar-refractivity contribution >= 4 is 22.5 Å². The Morgan fingerprint density at radius 1 is 1.26 bits per heavy atom. The van der Waals surface area contributed by atoms with Crippen molar-refractivity contribution in [1.82, 2.24) is 15.3 Å². The molecule has 2 heterocycles. The average molecular weight is 476 g/mol. The van der Waals surface area contributed by atoms with E-state index in [-0.39, 0.29) is 34.7 Å². The number of ether oxygens (including phenoxy) is 1. The van der Waals surface area contributed by atoms with Crippen molar-refractivity contribution in [3.63, 3.8) is 0 Å². The molecular weight excluding hydrogens is 451 g/mol. The zero-order chi connectivity index (χ0) is 24.6. The molecule has 0 spiro atoms. The van der Waals surface area contributed by atoms with Crippen LogP contribution in [0.15, 0.2) is 28.7 Å². The number of pyridine rings is 1. The van der Waals surface area contributed by atoms with Gasteiger partial charge in [0.25, 0.3) is 5.91 Å². The average Bonchev–Trinajstić information content (AvgIpc) is 3.24. The van der Waals surface area contributed by atoms with Crippen LogP contribution in [0.4, 0.5) is 13.2 Å². The zero-order valence-electron chi connectivity index (χ0n) is 18.7. The van der Waals surface area contributed by atoms with Gasteiger partial charge in [0.1, 0.15) is 23.0 Å². The topological polar surface area (TPSA) is 129 Å². The van der Waals surface area contributed by atoms with Crippen LogP contribution in [0.5, 0.6) is 5.75 Å². The summed E-state index contributed by atoms with van der Waals surface area (Å²) < 4.78 is 50.7. The summed E-state index contributed by atoms with van der Waals surface area (Å²) in [5, 5.41) is 9.28. The maximum absolute atomic E-state index is 13.2. The second-order valence-electron chi connectivity index (χ2n) is 8.27. The molecular formula is C23H25F3N5O3+. The number of rotatable bonds is 5. The summed E-state index contributed by atoms with van der Waals surface area (Å²) in [5.41, 5.74) is 6.03. The molecule has 1 fully saturated rings. The highest BCUT2D eigenvalue weighted by Gasteiger charge is 2.34. The molecule has 1 aromatic carbocycles. The summed E-state index contributed by atoms with van der Waals surface area (Å²) in [5.74, 6) is -0.129. The number of hydrogen-bond acceptors (Lipinski definition) is 6. The van der Waals surface area contributed by atoms with E-state index < -0.39 is 23.8 Å². The van der Waals surface area contributed by atoms with Gasteiger partial charge in [0.05, 0.1) is 13.2 Å². The Balaban J connectivity index is 1.78. The Hall–Kier alpha value is -3.47. The minimum atomic E-state index is -4.62. The van der Waals surface area contributed by atoms with E-state index in [4.69, 9.17) is 20.3 Å². The van der Waals surface area contributed by atoms with Gasteiger partial charge < -0.3 is 20.2 Å². The fourth-order valence-electron chi connectivity index (χ4n) is 4.05. The van der Waals surface area contributed by atoms with Crippen molar-refractivity contribution < 1.29 is 32.5 Å². The maximum atomic E-state index is 13.2.